The molecule has 136 valence electrons. The van der Waals surface area contributed by atoms with Crippen molar-refractivity contribution in [3.8, 4) is 0 Å². The number of hydrogen-bond acceptors (Lipinski definition) is 2. The van der Waals surface area contributed by atoms with Crippen LogP contribution in [0.5, 0.6) is 0 Å². The Labute approximate surface area is 151 Å². The molecule has 1 saturated carbocycles. The molecule has 1 aromatic carbocycles. The highest BCUT2D eigenvalue weighted by molar-refractivity contribution is 6.09. The molecule has 1 fully saturated rings. The number of carbonyl (C=O) groups excluding carboxylic acids is 2. The van der Waals surface area contributed by atoms with E-state index in [1.165, 1.54) is 32.1 Å². The Balaban J connectivity index is 1.67. The molecule has 0 bridgehead atoms. The van der Waals surface area contributed by atoms with Gasteiger partial charge in [-0.1, -0.05) is 57.6 Å². The number of nitrogens with one attached hydrogen (secondary N) is 1. The largest absolute Gasteiger partial charge is 0.352 e. The van der Waals surface area contributed by atoms with Crippen molar-refractivity contribution < 1.29 is 9.59 Å². The molecule has 0 aromatic heterocycles. The molecule has 1 aliphatic heterocycles. The zero-order valence-electron chi connectivity index (χ0n) is 15.4. The van der Waals surface area contributed by atoms with Gasteiger partial charge in [0.05, 0.1) is 11.1 Å². The summed E-state index contributed by atoms with van der Waals surface area (Å²) in [5.41, 5.74) is 2.20. The normalized spacial score (nSPS) is 17.6. The summed E-state index contributed by atoms with van der Waals surface area (Å²) in [6.45, 7) is 3.52. The average molecular weight is 342 g/mol. The van der Waals surface area contributed by atoms with Crippen LogP contribution in [0, 0.1) is 0 Å². The molecule has 2 aliphatic rings. The van der Waals surface area contributed by atoms with E-state index in [0.29, 0.717) is 30.3 Å². The molecule has 0 saturated heterocycles. The van der Waals surface area contributed by atoms with E-state index < -0.39 is 0 Å². The molecule has 0 unspecified atom stereocenters. The molecule has 3 rings (SSSR count). The van der Waals surface area contributed by atoms with Gasteiger partial charge in [-0.15, -0.1) is 0 Å². The minimum absolute atomic E-state index is 0.0543. The Bertz CT molecular complexity index is 620. The molecule has 4 heteroatoms. The molecule has 2 amide bonds. The molecule has 4 nitrogen and oxygen atoms in total. The standard InChI is InChI=1S/C21H30N2O2/c1-2-3-4-8-14-22-20(24)18-13-9-10-16-15-23(21(25)19(16)18)17-11-6-5-7-12-17/h9-10,13,17H,2-8,11-12,14-15H2,1H3,(H,22,24). The lowest BCUT2D eigenvalue weighted by Gasteiger charge is -2.30. The van der Waals surface area contributed by atoms with Gasteiger partial charge in [-0.3, -0.25) is 9.59 Å². The zero-order chi connectivity index (χ0) is 17.6. The van der Waals surface area contributed by atoms with E-state index in [1.807, 2.05) is 17.0 Å². The molecule has 0 spiro atoms. The smallest absolute Gasteiger partial charge is 0.255 e. The third-order valence-electron chi connectivity index (χ3n) is 5.54. The van der Waals surface area contributed by atoms with Crippen molar-refractivity contribution in [2.75, 3.05) is 6.54 Å². The van der Waals surface area contributed by atoms with Gasteiger partial charge in [0.15, 0.2) is 0 Å². The first-order chi connectivity index (χ1) is 12.2. The van der Waals surface area contributed by atoms with Crippen LogP contribution in [-0.2, 0) is 6.54 Å². The van der Waals surface area contributed by atoms with Gasteiger partial charge >= 0.3 is 0 Å². The van der Waals surface area contributed by atoms with Gasteiger partial charge < -0.3 is 10.2 Å². The fraction of sp³-hybridized carbons (Fsp3) is 0.619. The maximum absolute atomic E-state index is 13.0. The van der Waals surface area contributed by atoms with Crippen molar-refractivity contribution >= 4 is 11.8 Å². The third kappa shape index (κ3) is 4.05. The third-order valence-corrected chi connectivity index (χ3v) is 5.54. The Morgan fingerprint density at radius 3 is 2.72 bits per heavy atom. The summed E-state index contributed by atoms with van der Waals surface area (Å²) in [5.74, 6) is -0.0502. The van der Waals surface area contributed by atoms with Crippen LogP contribution in [0.25, 0.3) is 0 Å². The summed E-state index contributed by atoms with van der Waals surface area (Å²) in [6.07, 6.45) is 10.4. The number of nitrogens with zero attached hydrogens (tertiary/aromatic N) is 1. The quantitative estimate of drug-likeness (QED) is 0.752. The summed E-state index contributed by atoms with van der Waals surface area (Å²) in [6, 6.07) is 6.04. The van der Waals surface area contributed by atoms with E-state index in [0.717, 1.165) is 31.2 Å². The molecule has 1 N–H and O–H groups in total. The Morgan fingerprint density at radius 1 is 1.16 bits per heavy atom. The van der Waals surface area contributed by atoms with Crippen molar-refractivity contribution in [2.24, 2.45) is 0 Å². The SMILES string of the molecule is CCCCCCNC(=O)c1cccc2c1C(=O)N(C1CCCCC1)C2. The maximum atomic E-state index is 13.0. The number of unbranched alkanes of at least 4 members (excludes halogenated alkanes) is 3. The fourth-order valence-corrected chi connectivity index (χ4v) is 4.11. The topological polar surface area (TPSA) is 49.4 Å². The second-order valence-corrected chi connectivity index (χ2v) is 7.38. The number of benzene rings is 1. The Morgan fingerprint density at radius 2 is 1.96 bits per heavy atom. The lowest BCUT2D eigenvalue weighted by atomic mass is 9.94. The van der Waals surface area contributed by atoms with E-state index in [9.17, 15) is 9.59 Å². The van der Waals surface area contributed by atoms with Crippen molar-refractivity contribution in [1.82, 2.24) is 10.2 Å². The van der Waals surface area contributed by atoms with Crippen molar-refractivity contribution in [3.05, 3.63) is 34.9 Å². The van der Waals surface area contributed by atoms with Gasteiger partial charge in [-0.05, 0) is 30.9 Å². The predicted octanol–water partition coefficient (Wildman–Crippen LogP) is 4.29. The number of fused-ring (bicyclic) bond motifs is 1. The van der Waals surface area contributed by atoms with Crippen LogP contribution < -0.4 is 5.32 Å². The van der Waals surface area contributed by atoms with Crippen molar-refractivity contribution in [2.45, 2.75) is 77.3 Å². The second-order valence-electron chi connectivity index (χ2n) is 7.38. The summed E-state index contributed by atoms with van der Waals surface area (Å²) in [5, 5.41) is 2.99. The maximum Gasteiger partial charge on any atom is 0.255 e. The Kier molecular flexibility index (Phi) is 6.11. The lowest BCUT2D eigenvalue weighted by Crippen LogP contribution is -2.37. The first kappa shape index (κ1) is 18.0. The molecular weight excluding hydrogens is 312 g/mol. The molecule has 0 radical (unpaired) electrons. The average Bonchev–Trinajstić information content (AvgIpc) is 2.99. The number of rotatable bonds is 7. The van der Waals surface area contributed by atoms with Crippen LogP contribution in [0.15, 0.2) is 18.2 Å². The van der Waals surface area contributed by atoms with Crippen LogP contribution >= 0.6 is 0 Å². The summed E-state index contributed by atoms with van der Waals surface area (Å²) in [4.78, 5) is 27.6. The lowest BCUT2D eigenvalue weighted by molar-refractivity contribution is 0.0656. The zero-order valence-corrected chi connectivity index (χ0v) is 15.4. The fourth-order valence-electron chi connectivity index (χ4n) is 4.11. The Hall–Kier alpha value is -1.84. The predicted molar refractivity (Wildman–Crippen MR) is 99.7 cm³/mol. The summed E-state index contributed by atoms with van der Waals surface area (Å²) < 4.78 is 0. The monoisotopic (exact) mass is 342 g/mol. The first-order valence-electron chi connectivity index (χ1n) is 9.93. The van der Waals surface area contributed by atoms with E-state index >= 15 is 0 Å². The van der Waals surface area contributed by atoms with Gasteiger partial charge in [-0.2, -0.15) is 0 Å². The van der Waals surface area contributed by atoms with Gasteiger partial charge in [-0.25, -0.2) is 0 Å². The van der Waals surface area contributed by atoms with E-state index in [4.69, 9.17) is 0 Å². The minimum Gasteiger partial charge on any atom is -0.352 e. The molecule has 25 heavy (non-hydrogen) atoms. The van der Waals surface area contributed by atoms with E-state index in [2.05, 4.69) is 12.2 Å². The van der Waals surface area contributed by atoms with E-state index in [-0.39, 0.29) is 11.8 Å². The van der Waals surface area contributed by atoms with Gasteiger partial charge in [0.25, 0.3) is 11.8 Å². The first-order valence-corrected chi connectivity index (χ1v) is 9.93. The number of amides is 2. The summed E-state index contributed by atoms with van der Waals surface area (Å²) >= 11 is 0. The highest BCUT2D eigenvalue weighted by Crippen LogP contribution is 2.32. The second kappa shape index (κ2) is 8.50. The number of carbonyl (C=O) groups is 2. The van der Waals surface area contributed by atoms with Crippen molar-refractivity contribution in [3.63, 3.8) is 0 Å². The molecule has 1 aromatic rings. The van der Waals surface area contributed by atoms with Crippen LogP contribution in [-0.4, -0.2) is 29.3 Å². The van der Waals surface area contributed by atoms with Gasteiger partial charge in [0.2, 0.25) is 0 Å². The van der Waals surface area contributed by atoms with Crippen LogP contribution in [0.3, 0.4) is 0 Å². The minimum atomic E-state index is -0.104. The highest BCUT2D eigenvalue weighted by atomic mass is 16.2. The van der Waals surface area contributed by atoms with E-state index in [1.54, 1.807) is 6.07 Å². The van der Waals surface area contributed by atoms with Crippen LogP contribution in [0.4, 0.5) is 0 Å². The molecule has 1 aliphatic carbocycles. The van der Waals surface area contributed by atoms with Crippen LogP contribution in [0.1, 0.15) is 91.0 Å². The van der Waals surface area contributed by atoms with Gasteiger partial charge in [0.1, 0.15) is 0 Å². The summed E-state index contributed by atoms with van der Waals surface area (Å²) in [7, 11) is 0. The molecule has 1 heterocycles. The highest BCUT2D eigenvalue weighted by Gasteiger charge is 2.35. The molecule has 0 atom stereocenters. The molecular formula is C21H30N2O2. The van der Waals surface area contributed by atoms with Crippen LogP contribution in [0.2, 0.25) is 0 Å². The van der Waals surface area contributed by atoms with Gasteiger partial charge in [0, 0.05) is 19.1 Å². The van der Waals surface area contributed by atoms with Crippen molar-refractivity contribution in [1.29, 1.82) is 0 Å². The number of hydrogen-bond donors (Lipinski definition) is 1.